The number of hydrogen-bond donors (Lipinski definition) is 0. The van der Waals surface area contributed by atoms with E-state index in [2.05, 4.69) is 0 Å². The molecule has 0 aliphatic carbocycles. The van der Waals surface area contributed by atoms with Gasteiger partial charge in [0, 0.05) is 5.02 Å². The molecule has 2 aromatic carbocycles. The maximum Gasteiger partial charge on any atom is 0.416 e. The van der Waals surface area contributed by atoms with Crippen LogP contribution in [0.25, 0.3) is 0 Å². The fraction of sp³-hybridized carbons (Fsp3) is 0.316. The normalized spacial score (nSPS) is 19.9. The van der Waals surface area contributed by atoms with Crippen molar-refractivity contribution in [2.75, 3.05) is 0 Å². The lowest BCUT2D eigenvalue weighted by molar-refractivity contribution is -0.143. The van der Waals surface area contributed by atoms with E-state index >= 15 is 0 Å². The zero-order valence-corrected chi connectivity index (χ0v) is 15.9. The predicted molar refractivity (Wildman–Crippen MR) is 92.1 cm³/mol. The quantitative estimate of drug-likeness (QED) is 0.488. The summed E-state index contributed by atoms with van der Waals surface area (Å²) < 4.78 is 96.9. The third-order valence-corrected chi connectivity index (χ3v) is 5.04. The van der Waals surface area contributed by atoms with Crippen LogP contribution in [0.5, 0.6) is 0 Å². The van der Waals surface area contributed by atoms with Gasteiger partial charge in [0.1, 0.15) is 11.9 Å². The van der Waals surface area contributed by atoms with Gasteiger partial charge in [0.05, 0.1) is 23.7 Å². The van der Waals surface area contributed by atoms with Gasteiger partial charge in [-0.2, -0.15) is 26.3 Å². The van der Waals surface area contributed by atoms with Gasteiger partial charge in [-0.1, -0.05) is 17.7 Å². The Morgan fingerprint density at radius 3 is 2.07 bits per heavy atom. The van der Waals surface area contributed by atoms with E-state index in [-0.39, 0.29) is 17.6 Å². The Morgan fingerprint density at radius 1 is 1.00 bits per heavy atom. The second-order valence-corrected chi connectivity index (χ2v) is 7.16. The van der Waals surface area contributed by atoms with Gasteiger partial charge in [-0.05, 0) is 48.4 Å². The first-order chi connectivity index (χ1) is 13.8. The molecule has 1 saturated heterocycles. The minimum Gasteiger partial charge on any atom is -0.439 e. The molecule has 3 nitrogen and oxygen atoms in total. The van der Waals surface area contributed by atoms with Crippen molar-refractivity contribution in [3.05, 3.63) is 69.5 Å². The van der Waals surface area contributed by atoms with Gasteiger partial charge in [-0.25, -0.2) is 9.18 Å². The van der Waals surface area contributed by atoms with Crippen LogP contribution in [0.2, 0.25) is 5.02 Å². The molecule has 2 aromatic rings. The van der Waals surface area contributed by atoms with Crippen LogP contribution < -0.4 is 0 Å². The average molecular weight is 456 g/mol. The van der Waals surface area contributed by atoms with E-state index in [1.807, 2.05) is 0 Å². The highest BCUT2D eigenvalue weighted by Gasteiger charge is 2.43. The molecule has 11 heteroatoms. The fourth-order valence-corrected chi connectivity index (χ4v) is 3.36. The van der Waals surface area contributed by atoms with Crippen molar-refractivity contribution in [1.29, 1.82) is 0 Å². The molecular formula is C19H13ClF7NO2. The van der Waals surface area contributed by atoms with Crippen molar-refractivity contribution >= 4 is 17.7 Å². The molecule has 1 fully saturated rings. The van der Waals surface area contributed by atoms with Crippen LogP contribution >= 0.6 is 11.6 Å². The molecule has 1 aliphatic heterocycles. The number of cyclic esters (lactones) is 1. The van der Waals surface area contributed by atoms with Gasteiger partial charge in [-0.15, -0.1) is 0 Å². The van der Waals surface area contributed by atoms with Crippen molar-refractivity contribution in [3.63, 3.8) is 0 Å². The van der Waals surface area contributed by atoms with E-state index in [0.29, 0.717) is 17.7 Å². The molecular weight excluding hydrogens is 443 g/mol. The number of halogens is 8. The summed E-state index contributed by atoms with van der Waals surface area (Å²) in [7, 11) is 0. The Bertz CT molecular complexity index is 942. The van der Waals surface area contributed by atoms with E-state index in [4.69, 9.17) is 16.3 Å². The second kappa shape index (κ2) is 7.64. The number of alkyl halides is 6. The van der Waals surface area contributed by atoms with Crippen molar-refractivity contribution in [2.24, 2.45) is 0 Å². The Hall–Kier alpha value is -2.49. The zero-order chi connectivity index (χ0) is 22.4. The smallest absolute Gasteiger partial charge is 0.416 e. The zero-order valence-electron chi connectivity index (χ0n) is 15.1. The van der Waals surface area contributed by atoms with Crippen molar-refractivity contribution in [2.45, 2.75) is 38.0 Å². The third kappa shape index (κ3) is 4.48. The number of rotatable bonds is 3. The highest BCUT2D eigenvalue weighted by molar-refractivity contribution is 6.31. The van der Waals surface area contributed by atoms with E-state index in [0.717, 1.165) is 17.0 Å². The molecule has 0 N–H and O–H groups in total. The summed E-state index contributed by atoms with van der Waals surface area (Å²) in [6, 6.07) is 3.58. The van der Waals surface area contributed by atoms with E-state index in [1.165, 1.54) is 13.0 Å². The SMILES string of the molecule is C[C@H]1C(c2cc(C(F)(F)F)cc(C(F)(F)F)c2)OC(=O)N1Cc1ccc(F)cc1Cl. The molecule has 0 radical (unpaired) electrons. The highest BCUT2D eigenvalue weighted by Crippen LogP contribution is 2.41. The summed E-state index contributed by atoms with van der Waals surface area (Å²) >= 11 is 5.93. The summed E-state index contributed by atoms with van der Waals surface area (Å²) in [6.45, 7) is 1.25. The van der Waals surface area contributed by atoms with Crippen molar-refractivity contribution < 1.29 is 40.3 Å². The molecule has 1 unspecified atom stereocenters. The first kappa shape index (κ1) is 22.2. The van der Waals surface area contributed by atoms with Crippen LogP contribution in [0.15, 0.2) is 36.4 Å². The summed E-state index contributed by atoms with van der Waals surface area (Å²) in [4.78, 5) is 13.4. The predicted octanol–water partition coefficient (Wildman–Crippen LogP) is 6.60. The first-order valence-corrected chi connectivity index (χ1v) is 8.85. The molecule has 3 rings (SSSR count). The summed E-state index contributed by atoms with van der Waals surface area (Å²) in [5, 5.41) is 0.0110. The Labute approximate surface area is 171 Å². The summed E-state index contributed by atoms with van der Waals surface area (Å²) in [5.74, 6) is -0.609. The van der Waals surface area contributed by atoms with Crippen LogP contribution in [-0.2, 0) is 23.6 Å². The molecule has 1 heterocycles. The minimum absolute atomic E-state index is 0.000989. The van der Waals surface area contributed by atoms with Crippen LogP contribution in [-0.4, -0.2) is 17.0 Å². The van der Waals surface area contributed by atoms with Crippen molar-refractivity contribution in [1.82, 2.24) is 4.90 Å². The largest absolute Gasteiger partial charge is 0.439 e. The Balaban J connectivity index is 1.95. The summed E-state index contributed by atoms with van der Waals surface area (Å²) in [5.41, 5.74) is -3.11. The molecule has 0 bridgehead atoms. The topological polar surface area (TPSA) is 29.5 Å². The van der Waals surface area contributed by atoms with Gasteiger partial charge in [-0.3, -0.25) is 4.90 Å². The molecule has 1 amide bonds. The number of hydrogen-bond acceptors (Lipinski definition) is 2. The first-order valence-electron chi connectivity index (χ1n) is 8.48. The number of benzene rings is 2. The van der Waals surface area contributed by atoms with E-state index in [1.54, 1.807) is 0 Å². The second-order valence-electron chi connectivity index (χ2n) is 6.75. The Kier molecular flexibility index (Phi) is 5.66. The lowest BCUT2D eigenvalue weighted by Gasteiger charge is -2.22. The monoisotopic (exact) mass is 455 g/mol. The summed E-state index contributed by atoms with van der Waals surface area (Å²) in [6.07, 6.45) is -12.4. The van der Waals surface area contributed by atoms with Gasteiger partial charge in [0.15, 0.2) is 0 Å². The minimum atomic E-state index is -5.02. The van der Waals surface area contributed by atoms with Gasteiger partial charge in [0.2, 0.25) is 0 Å². The molecule has 162 valence electrons. The number of carbonyl (C=O) groups is 1. The molecule has 0 aromatic heterocycles. The number of carbonyl (C=O) groups excluding carboxylic acids is 1. The molecule has 0 spiro atoms. The highest BCUT2D eigenvalue weighted by atomic mass is 35.5. The van der Waals surface area contributed by atoms with Gasteiger partial charge < -0.3 is 4.74 Å². The van der Waals surface area contributed by atoms with Gasteiger partial charge in [0.25, 0.3) is 0 Å². The number of amides is 1. The maximum absolute atomic E-state index is 13.2. The molecule has 2 atom stereocenters. The van der Waals surface area contributed by atoms with Crippen LogP contribution in [0.3, 0.4) is 0 Å². The fourth-order valence-electron chi connectivity index (χ4n) is 3.14. The van der Waals surface area contributed by atoms with Crippen LogP contribution in [0, 0.1) is 5.82 Å². The van der Waals surface area contributed by atoms with Crippen LogP contribution in [0.4, 0.5) is 35.5 Å². The van der Waals surface area contributed by atoms with Crippen molar-refractivity contribution in [3.8, 4) is 0 Å². The molecule has 0 saturated carbocycles. The number of nitrogens with zero attached hydrogens (tertiary/aromatic N) is 1. The molecule has 30 heavy (non-hydrogen) atoms. The maximum atomic E-state index is 13.2. The Morgan fingerprint density at radius 2 is 1.57 bits per heavy atom. The molecule has 1 aliphatic rings. The van der Waals surface area contributed by atoms with E-state index in [9.17, 15) is 35.5 Å². The lowest BCUT2D eigenvalue weighted by atomic mass is 9.97. The standard InChI is InChI=1S/C19H13ClF7NO2/c1-9-16(11-4-12(18(22,23)24)6-13(5-11)19(25,26)27)30-17(29)28(9)8-10-2-3-14(21)7-15(10)20/h2-7,9,16H,8H2,1H3/t9-,16?/m0/s1. The van der Waals surface area contributed by atoms with Crippen LogP contribution in [0.1, 0.15) is 35.3 Å². The van der Waals surface area contributed by atoms with E-state index < -0.39 is 53.1 Å². The lowest BCUT2D eigenvalue weighted by Crippen LogP contribution is -2.31. The van der Waals surface area contributed by atoms with Gasteiger partial charge >= 0.3 is 18.4 Å². The number of ether oxygens (including phenoxy) is 1. The third-order valence-electron chi connectivity index (χ3n) is 4.69. The average Bonchev–Trinajstić information content (AvgIpc) is 2.90.